The van der Waals surface area contributed by atoms with Crippen LogP contribution in [0.5, 0.6) is 0 Å². The van der Waals surface area contributed by atoms with Crippen molar-refractivity contribution in [2.75, 3.05) is 26.1 Å². The van der Waals surface area contributed by atoms with Gasteiger partial charge in [-0.25, -0.2) is 0 Å². The topological polar surface area (TPSA) is 52.6 Å². The molecule has 0 unspecified atom stereocenters. The van der Waals surface area contributed by atoms with E-state index in [2.05, 4.69) is 12.1 Å². The minimum absolute atomic E-state index is 0.173. The van der Waals surface area contributed by atoms with Gasteiger partial charge >= 0.3 is 0 Å². The van der Waals surface area contributed by atoms with Gasteiger partial charge in [-0.3, -0.25) is 4.18 Å². The highest BCUT2D eigenvalue weighted by molar-refractivity contribution is 7.85. The van der Waals surface area contributed by atoms with E-state index in [4.69, 9.17) is 8.92 Å². The molecule has 5 heteroatoms. The summed E-state index contributed by atoms with van der Waals surface area (Å²) in [5.74, 6) is 0. The number of hydrogen-bond acceptors (Lipinski definition) is 4. The quantitative estimate of drug-likeness (QED) is 0.789. The predicted molar refractivity (Wildman–Crippen MR) is 71.4 cm³/mol. The Kier molecular flexibility index (Phi) is 2.96. The molecule has 2 aliphatic rings. The molecular weight excluding hydrogens is 264 g/mol. The zero-order chi connectivity index (χ0) is 13.6. The zero-order valence-electron chi connectivity index (χ0n) is 11.0. The van der Waals surface area contributed by atoms with Crippen molar-refractivity contribution in [2.24, 2.45) is 5.41 Å². The van der Waals surface area contributed by atoms with Crippen molar-refractivity contribution in [3.8, 4) is 0 Å². The molecule has 0 atom stereocenters. The molecule has 1 saturated carbocycles. The van der Waals surface area contributed by atoms with E-state index in [-0.39, 0.29) is 17.4 Å². The summed E-state index contributed by atoms with van der Waals surface area (Å²) >= 11 is 0. The summed E-state index contributed by atoms with van der Waals surface area (Å²) in [6.07, 6.45) is 2.99. The molecule has 0 amide bonds. The summed E-state index contributed by atoms with van der Waals surface area (Å²) in [6.45, 7) is 1.82. The average molecular weight is 282 g/mol. The molecule has 3 rings (SSSR count). The van der Waals surface area contributed by atoms with Gasteiger partial charge in [-0.1, -0.05) is 30.3 Å². The van der Waals surface area contributed by atoms with E-state index in [1.165, 1.54) is 0 Å². The lowest BCUT2D eigenvalue weighted by molar-refractivity contribution is -0.194. The molecule has 2 fully saturated rings. The summed E-state index contributed by atoms with van der Waals surface area (Å²) in [7, 11) is -3.40. The van der Waals surface area contributed by atoms with Gasteiger partial charge in [0.15, 0.2) is 0 Å². The Morgan fingerprint density at radius 2 is 1.84 bits per heavy atom. The molecule has 1 saturated heterocycles. The van der Waals surface area contributed by atoms with Crippen LogP contribution < -0.4 is 0 Å². The van der Waals surface area contributed by atoms with Gasteiger partial charge in [0.05, 0.1) is 26.1 Å². The fraction of sp³-hybridized carbons (Fsp3) is 0.571. The number of rotatable bonds is 4. The Bertz CT molecular complexity index is 552. The average Bonchev–Trinajstić information content (AvgIpc) is 2.25. The minimum Gasteiger partial charge on any atom is -0.380 e. The Hall–Kier alpha value is -0.910. The Labute approximate surface area is 113 Å². The SMILES string of the molecule is CS(=O)(=O)OCC1(c2ccccc2)CC2(COC2)C1. The van der Waals surface area contributed by atoms with E-state index in [1.54, 1.807) is 0 Å². The van der Waals surface area contributed by atoms with Gasteiger partial charge in [0.1, 0.15) is 0 Å². The van der Waals surface area contributed by atoms with Gasteiger partial charge in [0.2, 0.25) is 0 Å². The van der Waals surface area contributed by atoms with Crippen molar-refractivity contribution in [2.45, 2.75) is 18.3 Å². The third-order valence-corrected chi connectivity index (χ3v) is 4.72. The standard InChI is InChI=1S/C14H18O4S/c1-19(15,16)18-11-14(12-5-3-2-4-6-12)7-13(8-14)9-17-10-13/h2-6H,7-11H2,1H3. The molecule has 1 aliphatic heterocycles. The maximum atomic E-state index is 11.2. The third kappa shape index (κ3) is 2.42. The summed E-state index contributed by atoms with van der Waals surface area (Å²) in [4.78, 5) is 0. The molecule has 1 aromatic rings. The molecule has 1 aromatic carbocycles. The molecule has 4 nitrogen and oxygen atoms in total. The highest BCUT2D eigenvalue weighted by Crippen LogP contribution is 2.59. The fourth-order valence-corrected chi connectivity index (χ4v) is 3.82. The molecule has 1 aliphatic carbocycles. The molecule has 1 heterocycles. The molecule has 0 bridgehead atoms. The van der Waals surface area contributed by atoms with E-state index >= 15 is 0 Å². The first-order valence-electron chi connectivity index (χ1n) is 6.41. The Morgan fingerprint density at radius 1 is 1.21 bits per heavy atom. The van der Waals surface area contributed by atoms with Crippen LogP contribution in [0.3, 0.4) is 0 Å². The smallest absolute Gasteiger partial charge is 0.264 e. The lowest BCUT2D eigenvalue weighted by Crippen LogP contribution is -2.61. The number of ether oxygens (including phenoxy) is 1. The van der Waals surface area contributed by atoms with Gasteiger partial charge < -0.3 is 4.74 Å². The van der Waals surface area contributed by atoms with Crippen LogP contribution in [0.4, 0.5) is 0 Å². The number of hydrogen-bond donors (Lipinski definition) is 0. The second kappa shape index (κ2) is 4.30. The molecule has 1 spiro atoms. The van der Waals surface area contributed by atoms with Crippen LogP contribution in [0.25, 0.3) is 0 Å². The Balaban J connectivity index is 1.81. The van der Waals surface area contributed by atoms with Crippen LogP contribution in [0.15, 0.2) is 30.3 Å². The first-order chi connectivity index (χ1) is 8.93. The maximum Gasteiger partial charge on any atom is 0.264 e. The van der Waals surface area contributed by atoms with Gasteiger partial charge in [-0.05, 0) is 18.4 Å². The zero-order valence-corrected chi connectivity index (χ0v) is 11.8. The molecule has 0 N–H and O–H groups in total. The van der Waals surface area contributed by atoms with Crippen molar-refractivity contribution >= 4 is 10.1 Å². The third-order valence-electron chi connectivity index (χ3n) is 4.18. The van der Waals surface area contributed by atoms with Gasteiger partial charge in [0, 0.05) is 10.8 Å². The van der Waals surface area contributed by atoms with Crippen LogP contribution in [0.1, 0.15) is 18.4 Å². The van der Waals surface area contributed by atoms with Crippen LogP contribution in [-0.2, 0) is 24.5 Å². The summed E-state index contributed by atoms with van der Waals surface area (Å²) in [5, 5.41) is 0. The summed E-state index contributed by atoms with van der Waals surface area (Å²) in [6, 6.07) is 10.0. The summed E-state index contributed by atoms with van der Waals surface area (Å²) < 4.78 is 32.9. The van der Waals surface area contributed by atoms with Crippen molar-refractivity contribution in [1.82, 2.24) is 0 Å². The highest BCUT2D eigenvalue weighted by Gasteiger charge is 2.59. The summed E-state index contributed by atoms with van der Waals surface area (Å²) in [5.41, 5.74) is 1.25. The fourth-order valence-electron chi connectivity index (χ4n) is 3.38. The van der Waals surface area contributed by atoms with Crippen LogP contribution in [0.2, 0.25) is 0 Å². The van der Waals surface area contributed by atoms with Gasteiger partial charge in [-0.2, -0.15) is 8.42 Å². The van der Waals surface area contributed by atoms with E-state index in [0.717, 1.165) is 37.9 Å². The van der Waals surface area contributed by atoms with Crippen LogP contribution in [-0.4, -0.2) is 34.5 Å². The Morgan fingerprint density at radius 3 is 2.32 bits per heavy atom. The highest BCUT2D eigenvalue weighted by atomic mass is 32.2. The van der Waals surface area contributed by atoms with Crippen molar-refractivity contribution in [3.05, 3.63) is 35.9 Å². The van der Waals surface area contributed by atoms with E-state index in [0.29, 0.717) is 0 Å². The first-order valence-corrected chi connectivity index (χ1v) is 8.23. The molecular formula is C14H18O4S. The molecule has 104 valence electrons. The molecule has 0 aromatic heterocycles. The second-order valence-electron chi connectivity index (χ2n) is 5.96. The van der Waals surface area contributed by atoms with E-state index in [9.17, 15) is 8.42 Å². The number of benzene rings is 1. The maximum absolute atomic E-state index is 11.2. The predicted octanol–water partition coefficient (Wildman–Crippen LogP) is 1.71. The normalized spacial score (nSPS) is 23.6. The van der Waals surface area contributed by atoms with Gasteiger partial charge in [-0.15, -0.1) is 0 Å². The molecule has 19 heavy (non-hydrogen) atoms. The van der Waals surface area contributed by atoms with Gasteiger partial charge in [0.25, 0.3) is 10.1 Å². The minimum atomic E-state index is -3.40. The first kappa shape index (κ1) is 13.1. The molecule has 0 radical (unpaired) electrons. The lowest BCUT2D eigenvalue weighted by Gasteiger charge is -2.60. The van der Waals surface area contributed by atoms with E-state index in [1.807, 2.05) is 18.2 Å². The van der Waals surface area contributed by atoms with Crippen molar-refractivity contribution < 1.29 is 17.3 Å². The largest absolute Gasteiger partial charge is 0.380 e. The van der Waals surface area contributed by atoms with Crippen LogP contribution in [0, 0.1) is 5.41 Å². The second-order valence-corrected chi connectivity index (χ2v) is 7.60. The monoisotopic (exact) mass is 282 g/mol. The van der Waals surface area contributed by atoms with Crippen LogP contribution >= 0.6 is 0 Å². The van der Waals surface area contributed by atoms with Crippen molar-refractivity contribution in [1.29, 1.82) is 0 Å². The van der Waals surface area contributed by atoms with Crippen molar-refractivity contribution in [3.63, 3.8) is 0 Å². The van der Waals surface area contributed by atoms with E-state index < -0.39 is 10.1 Å². The lowest BCUT2D eigenvalue weighted by atomic mass is 9.50.